The lowest BCUT2D eigenvalue weighted by Gasteiger charge is -2.37. The molecule has 1 aromatic carbocycles. The smallest absolute Gasteiger partial charge is 0.308 e. The van der Waals surface area contributed by atoms with Gasteiger partial charge in [0.25, 0.3) is 0 Å². The number of alkyl halides is 1. The van der Waals surface area contributed by atoms with E-state index in [4.69, 9.17) is 4.74 Å². The number of hydrogen-bond donors (Lipinski definition) is 1. The lowest BCUT2D eigenvalue weighted by molar-refractivity contribution is -0.146. The Morgan fingerprint density at radius 2 is 2.14 bits per heavy atom. The minimum Gasteiger partial charge on any atom is -0.497 e. The molecule has 3 aromatic rings. The molecule has 188 valence electrons. The van der Waals surface area contributed by atoms with E-state index in [1.807, 2.05) is 18.2 Å². The molecule has 1 saturated heterocycles. The Hall–Kier alpha value is -2.93. The van der Waals surface area contributed by atoms with Crippen molar-refractivity contribution in [1.29, 1.82) is 0 Å². The van der Waals surface area contributed by atoms with Crippen molar-refractivity contribution < 1.29 is 19.0 Å². The van der Waals surface area contributed by atoms with Gasteiger partial charge in [-0.3, -0.25) is 9.78 Å². The van der Waals surface area contributed by atoms with Gasteiger partial charge < -0.3 is 19.3 Å². The third-order valence-corrected chi connectivity index (χ3v) is 7.48. The van der Waals surface area contributed by atoms with Crippen molar-refractivity contribution in [3.05, 3.63) is 60.0 Å². The first-order valence-electron chi connectivity index (χ1n) is 12.6. The van der Waals surface area contributed by atoms with Gasteiger partial charge in [-0.05, 0) is 99.5 Å². The van der Waals surface area contributed by atoms with Crippen LogP contribution in [0, 0.1) is 11.8 Å². The number of aryl methyl sites for hydroxylation is 2. The van der Waals surface area contributed by atoms with Crippen LogP contribution in [-0.4, -0.2) is 52.3 Å². The highest BCUT2D eigenvalue weighted by Gasteiger charge is 2.34. The zero-order valence-corrected chi connectivity index (χ0v) is 20.7. The fourth-order valence-corrected chi connectivity index (χ4v) is 5.36. The van der Waals surface area contributed by atoms with E-state index in [0.29, 0.717) is 30.7 Å². The summed E-state index contributed by atoms with van der Waals surface area (Å²) in [4.78, 5) is 18.7. The molecule has 0 spiro atoms. The third-order valence-electron chi connectivity index (χ3n) is 7.48. The van der Waals surface area contributed by atoms with Gasteiger partial charge >= 0.3 is 5.97 Å². The first kappa shape index (κ1) is 25.2. The number of carbonyl (C=O) groups is 1. The lowest BCUT2D eigenvalue weighted by atomic mass is 9.81. The van der Waals surface area contributed by atoms with Gasteiger partial charge in [-0.2, -0.15) is 0 Å². The summed E-state index contributed by atoms with van der Waals surface area (Å²) in [5.74, 6) is -0.551. The molecule has 35 heavy (non-hydrogen) atoms. The van der Waals surface area contributed by atoms with Crippen LogP contribution in [0.4, 0.5) is 4.39 Å². The van der Waals surface area contributed by atoms with Crippen LogP contribution in [0.3, 0.4) is 0 Å². The van der Waals surface area contributed by atoms with E-state index in [2.05, 4.69) is 39.8 Å². The van der Waals surface area contributed by atoms with Gasteiger partial charge in [0.2, 0.25) is 0 Å². The van der Waals surface area contributed by atoms with Crippen LogP contribution < -0.4 is 4.74 Å². The van der Waals surface area contributed by atoms with Crippen LogP contribution >= 0.6 is 0 Å². The molecule has 0 radical (unpaired) electrons. The zero-order chi connectivity index (χ0) is 24.8. The largest absolute Gasteiger partial charge is 0.497 e. The first-order chi connectivity index (χ1) is 17.0. The summed E-state index contributed by atoms with van der Waals surface area (Å²) in [6.07, 6.45) is 7.37. The van der Waals surface area contributed by atoms with Crippen molar-refractivity contribution in [3.8, 4) is 5.75 Å². The van der Waals surface area contributed by atoms with Gasteiger partial charge in [-0.1, -0.05) is 0 Å². The standard InChI is InChI=1S/C28H36FN3O3/c1-31-15-5-7-21(31)6-3-4-16-32-17-13-20(25(19-32)28(33)34)8-10-26(29)23-12-14-30-27-11-9-22(35-2)18-24(23)27/h5,7,9,11-12,14-15,18,20,25-26H,3-4,6,8,10,13,16-17,19H2,1-2H3,(H,33,34)/t20-,25+,26?/m1/s1. The number of fused-ring (bicyclic) bond motifs is 1. The van der Waals surface area contributed by atoms with Crippen molar-refractivity contribution in [1.82, 2.24) is 14.5 Å². The normalized spacial score (nSPS) is 19.6. The van der Waals surface area contributed by atoms with Gasteiger partial charge in [0.05, 0.1) is 18.5 Å². The lowest BCUT2D eigenvalue weighted by Crippen LogP contribution is -2.44. The maximum atomic E-state index is 15.4. The summed E-state index contributed by atoms with van der Waals surface area (Å²) in [6, 6.07) is 11.4. The number of piperidine rings is 1. The van der Waals surface area contributed by atoms with Crippen LogP contribution in [0.15, 0.2) is 48.8 Å². The van der Waals surface area contributed by atoms with Crippen molar-refractivity contribution >= 4 is 16.9 Å². The van der Waals surface area contributed by atoms with Gasteiger partial charge in [0.1, 0.15) is 11.9 Å². The number of halogens is 1. The van der Waals surface area contributed by atoms with Crippen LogP contribution in [0.2, 0.25) is 0 Å². The number of methoxy groups -OCH3 is 1. The van der Waals surface area contributed by atoms with Crippen molar-refractivity contribution in [3.63, 3.8) is 0 Å². The van der Waals surface area contributed by atoms with Crippen molar-refractivity contribution in [2.24, 2.45) is 18.9 Å². The summed E-state index contributed by atoms with van der Waals surface area (Å²) in [6.45, 7) is 2.35. The average Bonchev–Trinajstić information content (AvgIpc) is 3.29. The molecule has 0 bridgehead atoms. The molecule has 0 aliphatic carbocycles. The summed E-state index contributed by atoms with van der Waals surface area (Å²) in [5.41, 5.74) is 2.65. The van der Waals surface area contributed by atoms with E-state index in [1.54, 1.807) is 19.4 Å². The Labute approximate surface area is 206 Å². The Morgan fingerprint density at radius 3 is 2.89 bits per heavy atom. The molecular formula is C28H36FN3O3. The zero-order valence-electron chi connectivity index (χ0n) is 20.7. The molecule has 0 saturated carbocycles. The number of ether oxygens (including phenoxy) is 1. The third kappa shape index (κ3) is 6.20. The predicted octanol–water partition coefficient (Wildman–Crippen LogP) is 5.42. The maximum absolute atomic E-state index is 15.4. The van der Waals surface area contributed by atoms with Gasteiger partial charge in [0.15, 0.2) is 0 Å². The molecule has 3 heterocycles. The Morgan fingerprint density at radius 1 is 1.29 bits per heavy atom. The number of aromatic nitrogens is 2. The molecule has 3 atom stereocenters. The number of rotatable bonds is 11. The molecule has 2 aromatic heterocycles. The molecule has 7 heteroatoms. The molecule has 4 rings (SSSR count). The minimum absolute atomic E-state index is 0.00648. The van der Waals surface area contributed by atoms with Crippen LogP contribution in [-0.2, 0) is 18.3 Å². The molecule has 6 nitrogen and oxygen atoms in total. The molecule has 1 aliphatic heterocycles. The molecule has 1 aliphatic rings. The van der Waals surface area contributed by atoms with E-state index in [9.17, 15) is 9.90 Å². The van der Waals surface area contributed by atoms with Crippen molar-refractivity contribution in [2.45, 2.75) is 44.7 Å². The fraction of sp³-hybridized carbons (Fsp3) is 0.500. The van der Waals surface area contributed by atoms with E-state index in [1.165, 1.54) is 5.69 Å². The van der Waals surface area contributed by atoms with E-state index in [-0.39, 0.29) is 5.92 Å². The number of unbranched alkanes of at least 4 members (excludes halogenated alkanes) is 1. The molecule has 1 fully saturated rings. The van der Waals surface area contributed by atoms with Gasteiger partial charge in [-0.15, -0.1) is 0 Å². The Bertz CT molecular complexity index is 1130. The maximum Gasteiger partial charge on any atom is 0.308 e. The second-order valence-corrected chi connectivity index (χ2v) is 9.69. The Kier molecular flexibility index (Phi) is 8.39. The second-order valence-electron chi connectivity index (χ2n) is 9.69. The van der Waals surface area contributed by atoms with E-state index in [0.717, 1.165) is 49.7 Å². The summed E-state index contributed by atoms with van der Waals surface area (Å²) >= 11 is 0. The molecule has 1 N–H and O–H groups in total. The highest BCUT2D eigenvalue weighted by Crippen LogP contribution is 2.35. The second kappa shape index (κ2) is 11.7. The SMILES string of the molecule is COc1ccc2nccc(C(F)CC[C@@H]3CCN(CCCCc4cccn4C)C[C@@H]3C(=O)O)c2c1. The van der Waals surface area contributed by atoms with Gasteiger partial charge in [-0.25, -0.2) is 4.39 Å². The minimum atomic E-state index is -1.17. The van der Waals surface area contributed by atoms with Crippen molar-refractivity contribution in [2.75, 3.05) is 26.7 Å². The summed E-state index contributed by atoms with van der Waals surface area (Å²) in [7, 11) is 3.65. The van der Waals surface area contributed by atoms with Gasteiger partial charge in [0, 0.05) is 37.1 Å². The molecule has 0 amide bonds. The topological polar surface area (TPSA) is 67.6 Å². The van der Waals surface area contributed by atoms with Crippen LogP contribution in [0.1, 0.15) is 49.5 Å². The van der Waals surface area contributed by atoms with Crippen LogP contribution in [0.5, 0.6) is 5.75 Å². The number of carboxylic acid groups (broad SMARTS) is 1. The highest BCUT2D eigenvalue weighted by atomic mass is 19.1. The predicted molar refractivity (Wildman–Crippen MR) is 135 cm³/mol. The van der Waals surface area contributed by atoms with E-state index >= 15 is 4.39 Å². The van der Waals surface area contributed by atoms with Crippen LogP contribution in [0.25, 0.3) is 10.9 Å². The number of aliphatic carboxylic acids is 1. The quantitative estimate of drug-likeness (QED) is 0.371. The summed E-state index contributed by atoms with van der Waals surface area (Å²) in [5, 5.41) is 10.6. The highest BCUT2D eigenvalue weighted by molar-refractivity contribution is 5.83. The number of benzene rings is 1. The summed E-state index contributed by atoms with van der Waals surface area (Å²) < 4.78 is 22.8. The number of pyridine rings is 1. The number of nitrogens with zero attached hydrogens (tertiary/aromatic N) is 3. The molecule has 1 unspecified atom stereocenters. The molecular weight excluding hydrogens is 445 g/mol. The average molecular weight is 482 g/mol. The number of likely N-dealkylation sites (tertiary alicyclic amines) is 1. The fourth-order valence-electron chi connectivity index (χ4n) is 5.36. The monoisotopic (exact) mass is 481 g/mol. The number of carboxylic acids is 1. The van der Waals surface area contributed by atoms with E-state index < -0.39 is 18.1 Å². The first-order valence-corrected chi connectivity index (χ1v) is 12.6. The number of hydrogen-bond acceptors (Lipinski definition) is 4. The Balaban J connectivity index is 1.30.